The van der Waals surface area contributed by atoms with E-state index >= 15 is 0 Å². The Morgan fingerprint density at radius 1 is 1.19 bits per heavy atom. The highest BCUT2D eigenvalue weighted by molar-refractivity contribution is 5.98. The van der Waals surface area contributed by atoms with Gasteiger partial charge in [-0.3, -0.25) is 4.79 Å². The van der Waals surface area contributed by atoms with E-state index in [2.05, 4.69) is 10.6 Å². The fourth-order valence-corrected chi connectivity index (χ4v) is 2.97. The molecule has 136 valence electrons. The van der Waals surface area contributed by atoms with Crippen molar-refractivity contribution in [3.8, 4) is 5.75 Å². The summed E-state index contributed by atoms with van der Waals surface area (Å²) in [6, 6.07) is 14.5. The van der Waals surface area contributed by atoms with E-state index in [1.165, 1.54) is 0 Å². The van der Waals surface area contributed by atoms with Crippen LogP contribution in [0.3, 0.4) is 0 Å². The standard InChI is InChI=1S/C20H23N3O3/c1-3-26-18-7-5-4-6-17(18)22-20(25)21-15-12-19(24)23(13-15)16-10-8-14(2)9-11-16/h4-11,15H,3,12-13H2,1-2H3,(H2,21,22,25)/t15-/m0/s1. The van der Waals surface area contributed by atoms with Gasteiger partial charge >= 0.3 is 6.03 Å². The quantitative estimate of drug-likeness (QED) is 0.866. The molecule has 0 saturated carbocycles. The molecule has 0 aromatic heterocycles. The summed E-state index contributed by atoms with van der Waals surface area (Å²) in [4.78, 5) is 26.3. The van der Waals surface area contributed by atoms with Crippen LogP contribution in [0, 0.1) is 6.92 Å². The highest BCUT2D eigenvalue weighted by Gasteiger charge is 2.31. The molecule has 0 bridgehead atoms. The summed E-state index contributed by atoms with van der Waals surface area (Å²) < 4.78 is 5.50. The summed E-state index contributed by atoms with van der Waals surface area (Å²) >= 11 is 0. The third-order valence-corrected chi connectivity index (χ3v) is 4.24. The molecule has 0 spiro atoms. The molecule has 1 heterocycles. The number of carbonyl (C=O) groups is 2. The van der Waals surface area contributed by atoms with Crippen molar-refractivity contribution in [1.82, 2.24) is 5.32 Å². The van der Waals surface area contributed by atoms with Crippen LogP contribution in [0.1, 0.15) is 18.9 Å². The maximum absolute atomic E-state index is 12.3. The lowest BCUT2D eigenvalue weighted by Gasteiger charge is -2.18. The number of anilines is 2. The third kappa shape index (κ3) is 4.14. The molecule has 3 rings (SSSR count). The number of benzene rings is 2. The van der Waals surface area contributed by atoms with Gasteiger partial charge in [0.2, 0.25) is 5.91 Å². The van der Waals surface area contributed by atoms with E-state index in [-0.39, 0.29) is 24.4 Å². The Bertz CT molecular complexity index is 789. The lowest BCUT2D eigenvalue weighted by Crippen LogP contribution is -2.39. The summed E-state index contributed by atoms with van der Waals surface area (Å²) in [6.07, 6.45) is 0.286. The van der Waals surface area contributed by atoms with Crippen LogP contribution in [0.15, 0.2) is 48.5 Å². The number of amides is 3. The molecule has 2 N–H and O–H groups in total. The zero-order valence-electron chi connectivity index (χ0n) is 15.0. The number of hydrogen-bond donors (Lipinski definition) is 2. The Balaban J connectivity index is 1.60. The fourth-order valence-electron chi connectivity index (χ4n) is 2.97. The molecule has 3 amide bonds. The van der Waals surface area contributed by atoms with Crippen molar-refractivity contribution in [3.63, 3.8) is 0 Å². The number of nitrogens with zero attached hydrogens (tertiary/aromatic N) is 1. The fraction of sp³-hybridized carbons (Fsp3) is 0.300. The van der Waals surface area contributed by atoms with Gasteiger partial charge in [0, 0.05) is 18.7 Å². The van der Waals surface area contributed by atoms with Crippen LogP contribution in [0.25, 0.3) is 0 Å². The number of ether oxygens (including phenoxy) is 1. The Hall–Kier alpha value is -3.02. The normalized spacial score (nSPS) is 16.5. The van der Waals surface area contributed by atoms with Crippen molar-refractivity contribution in [3.05, 3.63) is 54.1 Å². The van der Waals surface area contributed by atoms with Gasteiger partial charge in [0.05, 0.1) is 18.3 Å². The lowest BCUT2D eigenvalue weighted by atomic mass is 10.2. The summed E-state index contributed by atoms with van der Waals surface area (Å²) in [5.41, 5.74) is 2.60. The first kappa shape index (κ1) is 17.8. The van der Waals surface area contributed by atoms with E-state index in [1.54, 1.807) is 17.0 Å². The number of hydrogen-bond acceptors (Lipinski definition) is 3. The van der Waals surface area contributed by atoms with E-state index in [1.807, 2.05) is 50.2 Å². The molecule has 0 radical (unpaired) electrons. The first-order valence-corrected chi connectivity index (χ1v) is 8.73. The molecule has 6 nitrogen and oxygen atoms in total. The van der Waals surface area contributed by atoms with Crippen LogP contribution in [-0.4, -0.2) is 31.1 Å². The zero-order chi connectivity index (χ0) is 18.5. The predicted molar refractivity (Wildman–Crippen MR) is 102 cm³/mol. The second-order valence-corrected chi connectivity index (χ2v) is 6.27. The second kappa shape index (κ2) is 7.91. The highest BCUT2D eigenvalue weighted by atomic mass is 16.5. The van der Waals surface area contributed by atoms with Gasteiger partial charge in [0.15, 0.2) is 0 Å². The monoisotopic (exact) mass is 353 g/mol. The number of para-hydroxylation sites is 2. The van der Waals surface area contributed by atoms with Crippen LogP contribution in [-0.2, 0) is 4.79 Å². The van der Waals surface area contributed by atoms with E-state index < -0.39 is 0 Å². The molecular weight excluding hydrogens is 330 g/mol. The van der Waals surface area contributed by atoms with Crippen molar-refractivity contribution in [1.29, 1.82) is 0 Å². The van der Waals surface area contributed by atoms with Crippen LogP contribution >= 0.6 is 0 Å². The Morgan fingerprint density at radius 2 is 1.92 bits per heavy atom. The van der Waals surface area contributed by atoms with Crippen LogP contribution in [0.5, 0.6) is 5.75 Å². The SMILES string of the molecule is CCOc1ccccc1NC(=O)N[C@H]1CC(=O)N(c2ccc(C)cc2)C1. The molecule has 1 atom stereocenters. The minimum absolute atomic E-state index is 0.00821. The van der Waals surface area contributed by atoms with Gasteiger partial charge in [-0.05, 0) is 38.1 Å². The molecule has 2 aromatic rings. The Morgan fingerprint density at radius 3 is 2.65 bits per heavy atom. The topological polar surface area (TPSA) is 70.7 Å². The van der Waals surface area contributed by atoms with Crippen molar-refractivity contribution < 1.29 is 14.3 Å². The van der Waals surface area contributed by atoms with Gasteiger partial charge in [-0.1, -0.05) is 29.8 Å². The second-order valence-electron chi connectivity index (χ2n) is 6.27. The van der Waals surface area contributed by atoms with Gasteiger partial charge < -0.3 is 20.3 Å². The predicted octanol–water partition coefficient (Wildman–Crippen LogP) is 3.32. The molecule has 1 fully saturated rings. The van der Waals surface area contributed by atoms with Gasteiger partial charge in [0.25, 0.3) is 0 Å². The van der Waals surface area contributed by atoms with Gasteiger partial charge in [-0.2, -0.15) is 0 Å². The van der Waals surface area contributed by atoms with E-state index in [0.717, 1.165) is 11.3 Å². The molecule has 1 saturated heterocycles. The van der Waals surface area contributed by atoms with E-state index in [0.29, 0.717) is 24.6 Å². The first-order chi connectivity index (χ1) is 12.6. The Kier molecular flexibility index (Phi) is 5.41. The third-order valence-electron chi connectivity index (χ3n) is 4.24. The lowest BCUT2D eigenvalue weighted by molar-refractivity contribution is -0.117. The summed E-state index contributed by atoms with van der Waals surface area (Å²) in [7, 11) is 0. The number of urea groups is 1. The summed E-state index contributed by atoms with van der Waals surface area (Å²) in [5, 5.41) is 5.66. The van der Waals surface area contributed by atoms with Crippen LogP contribution < -0.4 is 20.3 Å². The molecule has 26 heavy (non-hydrogen) atoms. The largest absolute Gasteiger partial charge is 0.492 e. The first-order valence-electron chi connectivity index (χ1n) is 8.73. The van der Waals surface area contributed by atoms with Crippen molar-refractivity contribution in [2.75, 3.05) is 23.4 Å². The van der Waals surface area contributed by atoms with Crippen LogP contribution in [0.4, 0.5) is 16.2 Å². The van der Waals surface area contributed by atoms with Crippen molar-refractivity contribution in [2.45, 2.75) is 26.3 Å². The molecule has 6 heteroatoms. The molecule has 2 aromatic carbocycles. The van der Waals surface area contributed by atoms with Gasteiger partial charge in [-0.15, -0.1) is 0 Å². The molecule has 0 aliphatic carbocycles. The maximum atomic E-state index is 12.3. The zero-order valence-corrected chi connectivity index (χ0v) is 15.0. The van der Waals surface area contributed by atoms with Crippen LogP contribution in [0.2, 0.25) is 0 Å². The summed E-state index contributed by atoms with van der Waals surface area (Å²) in [6.45, 7) is 4.87. The smallest absolute Gasteiger partial charge is 0.319 e. The average molecular weight is 353 g/mol. The molecular formula is C20H23N3O3. The number of rotatable bonds is 5. The molecule has 1 aliphatic rings. The van der Waals surface area contributed by atoms with Gasteiger partial charge in [-0.25, -0.2) is 4.79 Å². The Labute approximate surface area is 153 Å². The van der Waals surface area contributed by atoms with Gasteiger partial charge in [0.1, 0.15) is 5.75 Å². The van der Waals surface area contributed by atoms with E-state index in [9.17, 15) is 9.59 Å². The van der Waals surface area contributed by atoms with Crippen molar-refractivity contribution in [2.24, 2.45) is 0 Å². The molecule has 0 unspecified atom stereocenters. The minimum Gasteiger partial charge on any atom is -0.492 e. The van der Waals surface area contributed by atoms with Crippen molar-refractivity contribution >= 4 is 23.3 Å². The van der Waals surface area contributed by atoms with E-state index in [4.69, 9.17) is 4.74 Å². The maximum Gasteiger partial charge on any atom is 0.319 e. The minimum atomic E-state index is -0.347. The average Bonchev–Trinajstić information content (AvgIpc) is 2.97. The number of carbonyl (C=O) groups excluding carboxylic acids is 2. The number of aryl methyl sites for hydroxylation is 1. The molecule has 1 aliphatic heterocycles. The summed E-state index contributed by atoms with van der Waals surface area (Å²) in [5.74, 6) is 0.628. The number of nitrogens with one attached hydrogen (secondary N) is 2. The highest BCUT2D eigenvalue weighted by Crippen LogP contribution is 2.24.